The molecule has 9 heteroatoms. The van der Waals surface area contributed by atoms with E-state index in [1.807, 2.05) is 0 Å². The van der Waals surface area contributed by atoms with Crippen LogP contribution in [-0.2, 0) is 10.0 Å². The summed E-state index contributed by atoms with van der Waals surface area (Å²) in [6.07, 6.45) is 3.91. The molecule has 1 aromatic carbocycles. The zero-order valence-corrected chi connectivity index (χ0v) is 15.3. The van der Waals surface area contributed by atoms with Gasteiger partial charge in [0.05, 0.1) is 18.4 Å². The molecule has 134 valence electrons. The molecule has 1 fully saturated rings. The Labute approximate surface area is 147 Å². The second kappa shape index (κ2) is 8.04. The summed E-state index contributed by atoms with van der Waals surface area (Å²) in [6.45, 7) is 0.468. The molecule has 7 nitrogen and oxygen atoms in total. The van der Waals surface area contributed by atoms with Gasteiger partial charge in [0.15, 0.2) is 5.96 Å². The van der Waals surface area contributed by atoms with Crippen molar-refractivity contribution >= 4 is 33.3 Å². The van der Waals surface area contributed by atoms with Crippen LogP contribution in [0.4, 0.5) is 5.69 Å². The zero-order chi connectivity index (χ0) is 17.7. The molecule has 0 spiro atoms. The molecule has 1 aliphatic carbocycles. The molecule has 2 atom stereocenters. The van der Waals surface area contributed by atoms with Gasteiger partial charge >= 0.3 is 0 Å². The zero-order valence-electron chi connectivity index (χ0n) is 13.8. The van der Waals surface area contributed by atoms with Crippen LogP contribution in [-0.4, -0.2) is 40.3 Å². The number of hydrogen-bond donors (Lipinski definition) is 3. The molecule has 0 bridgehead atoms. The normalized spacial score (nSPS) is 21.7. The minimum Gasteiger partial charge on any atom is -0.495 e. The molecule has 0 aromatic heterocycles. The smallest absolute Gasteiger partial charge is 0.208 e. The fourth-order valence-corrected chi connectivity index (χ4v) is 3.95. The minimum atomic E-state index is -3.21. The summed E-state index contributed by atoms with van der Waals surface area (Å²) < 4.78 is 30.5. The van der Waals surface area contributed by atoms with Gasteiger partial charge in [0.25, 0.3) is 0 Å². The van der Waals surface area contributed by atoms with E-state index in [-0.39, 0.29) is 17.9 Å². The lowest BCUT2D eigenvalue weighted by atomic mass is 10.1. The molecular formula is C15H23ClN4O3S. The molecular weight excluding hydrogens is 352 g/mol. The van der Waals surface area contributed by atoms with Gasteiger partial charge in [-0.3, -0.25) is 4.99 Å². The van der Waals surface area contributed by atoms with Crippen molar-refractivity contribution in [3.63, 3.8) is 0 Å². The Balaban J connectivity index is 1.95. The number of anilines is 1. The Morgan fingerprint density at radius 1 is 1.46 bits per heavy atom. The highest BCUT2D eigenvalue weighted by Crippen LogP contribution is 2.28. The van der Waals surface area contributed by atoms with Gasteiger partial charge in [-0.1, -0.05) is 18.0 Å². The third-order valence-electron chi connectivity index (χ3n) is 3.94. The van der Waals surface area contributed by atoms with Gasteiger partial charge in [0.2, 0.25) is 10.0 Å². The molecule has 0 saturated heterocycles. The molecule has 24 heavy (non-hydrogen) atoms. The lowest BCUT2D eigenvalue weighted by Crippen LogP contribution is -2.38. The minimum absolute atomic E-state index is 0.0769. The van der Waals surface area contributed by atoms with Crippen molar-refractivity contribution in [1.29, 1.82) is 0 Å². The number of sulfonamides is 1. The van der Waals surface area contributed by atoms with E-state index in [1.54, 1.807) is 25.3 Å². The van der Waals surface area contributed by atoms with Gasteiger partial charge < -0.3 is 15.8 Å². The molecule has 1 saturated carbocycles. The highest BCUT2D eigenvalue weighted by molar-refractivity contribution is 7.88. The first-order valence-corrected chi connectivity index (χ1v) is 9.93. The van der Waals surface area contributed by atoms with Crippen LogP contribution in [0.5, 0.6) is 5.75 Å². The number of halogens is 1. The van der Waals surface area contributed by atoms with Crippen molar-refractivity contribution in [2.45, 2.75) is 25.3 Å². The summed E-state index contributed by atoms with van der Waals surface area (Å²) >= 11 is 6.06. The number of ether oxygens (including phenoxy) is 1. The van der Waals surface area contributed by atoms with E-state index in [2.05, 4.69) is 15.0 Å². The molecule has 1 aliphatic rings. The van der Waals surface area contributed by atoms with Crippen LogP contribution in [0.1, 0.15) is 19.3 Å². The van der Waals surface area contributed by atoms with Gasteiger partial charge in [0.1, 0.15) is 5.75 Å². The van der Waals surface area contributed by atoms with E-state index in [0.717, 1.165) is 19.3 Å². The Hall–Kier alpha value is -1.51. The SMILES string of the molecule is COc1ccc(NC(N)=NCC2CCCC2NS(C)(=O)=O)cc1Cl. The van der Waals surface area contributed by atoms with Crippen LogP contribution in [0.2, 0.25) is 5.02 Å². The van der Waals surface area contributed by atoms with E-state index in [9.17, 15) is 8.42 Å². The first-order chi connectivity index (χ1) is 11.3. The molecule has 0 amide bonds. The van der Waals surface area contributed by atoms with E-state index in [0.29, 0.717) is 23.0 Å². The molecule has 1 aromatic rings. The lowest BCUT2D eigenvalue weighted by Gasteiger charge is -2.18. The van der Waals surface area contributed by atoms with Crippen LogP contribution in [0.15, 0.2) is 23.2 Å². The fourth-order valence-electron chi connectivity index (χ4n) is 2.83. The molecule has 4 N–H and O–H groups in total. The van der Waals surface area contributed by atoms with Crippen molar-refractivity contribution in [2.75, 3.05) is 25.2 Å². The van der Waals surface area contributed by atoms with Crippen molar-refractivity contribution in [3.8, 4) is 5.75 Å². The molecule has 2 unspecified atom stereocenters. The lowest BCUT2D eigenvalue weighted by molar-refractivity contribution is 0.415. The van der Waals surface area contributed by atoms with E-state index in [4.69, 9.17) is 22.1 Å². The van der Waals surface area contributed by atoms with Crippen LogP contribution in [0.25, 0.3) is 0 Å². The maximum atomic E-state index is 11.4. The largest absolute Gasteiger partial charge is 0.495 e. The summed E-state index contributed by atoms with van der Waals surface area (Å²) in [5, 5.41) is 3.45. The molecule has 0 aliphatic heterocycles. The second-order valence-corrected chi connectivity index (χ2v) is 8.07. The van der Waals surface area contributed by atoms with Crippen molar-refractivity contribution < 1.29 is 13.2 Å². The first kappa shape index (κ1) is 18.8. The highest BCUT2D eigenvalue weighted by Gasteiger charge is 2.29. The Kier molecular flexibility index (Phi) is 6.31. The third kappa shape index (κ3) is 5.54. The Morgan fingerprint density at radius 3 is 2.83 bits per heavy atom. The number of methoxy groups -OCH3 is 1. The maximum Gasteiger partial charge on any atom is 0.208 e. The predicted molar refractivity (Wildman–Crippen MR) is 97.2 cm³/mol. The Morgan fingerprint density at radius 2 is 2.21 bits per heavy atom. The van der Waals surface area contributed by atoms with Crippen LogP contribution in [0, 0.1) is 5.92 Å². The molecule has 2 rings (SSSR count). The summed E-state index contributed by atoms with van der Waals surface area (Å²) in [5.41, 5.74) is 6.61. The number of aliphatic imine (C=N–C) groups is 1. The van der Waals surface area contributed by atoms with Crippen molar-refractivity contribution in [1.82, 2.24) is 4.72 Å². The number of benzene rings is 1. The second-order valence-electron chi connectivity index (χ2n) is 5.89. The number of guanidine groups is 1. The van der Waals surface area contributed by atoms with Gasteiger partial charge in [-0.25, -0.2) is 13.1 Å². The van der Waals surface area contributed by atoms with Crippen molar-refractivity contribution in [3.05, 3.63) is 23.2 Å². The quantitative estimate of drug-likeness (QED) is 0.520. The van der Waals surface area contributed by atoms with Gasteiger partial charge in [-0.05, 0) is 37.0 Å². The van der Waals surface area contributed by atoms with Gasteiger partial charge in [0, 0.05) is 18.3 Å². The molecule has 0 heterocycles. The van der Waals surface area contributed by atoms with Crippen LogP contribution >= 0.6 is 11.6 Å². The summed E-state index contributed by atoms with van der Waals surface area (Å²) in [6, 6.07) is 5.15. The van der Waals surface area contributed by atoms with Crippen LogP contribution < -0.4 is 20.5 Å². The predicted octanol–water partition coefficient (Wildman–Crippen LogP) is 1.79. The first-order valence-electron chi connectivity index (χ1n) is 7.66. The molecule has 0 radical (unpaired) electrons. The number of nitrogens with zero attached hydrogens (tertiary/aromatic N) is 1. The monoisotopic (exact) mass is 374 g/mol. The maximum absolute atomic E-state index is 11.4. The van der Waals surface area contributed by atoms with E-state index < -0.39 is 10.0 Å². The number of nitrogens with two attached hydrogens (primary N) is 1. The number of hydrogen-bond acceptors (Lipinski definition) is 4. The van der Waals surface area contributed by atoms with Gasteiger partial charge in [-0.15, -0.1) is 0 Å². The van der Waals surface area contributed by atoms with E-state index >= 15 is 0 Å². The average molecular weight is 375 g/mol. The van der Waals surface area contributed by atoms with E-state index in [1.165, 1.54) is 6.26 Å². The van der Waals surface area contributed by atoms with Crippen LogP contribution in [0.3, 0.4) is 0 Å². The average Bonchev–Trinajstić information content (AvgIpc) is 2.90. The highest BCUT2D eigenvalue weighted by atomic mass is 35.5. The Bertz CT molecular complexity index is 709. The number of nitrogens with one attached hydrogen (secondary N) is 2. The summed E-state index contributed by atoms with van der Waals surface area (Å²) in [7, 11) is -1.66. The fraction of sp³-hybridized carbons (Fsp3) is 0.533. The topological polar surface area (TPSA) is 106 Å². The van der Waals surface area contributed by atoms with Gasteiger partial charge in [-0.2, -0.15) is 0 Å². The third-order valence-corrected chi connectivity index (χ3v) is 4.97. The summed E-state index contributed by atoms with van der Waals surface area (Å²) in [5.74, 6) is 0.999. The standard InChI is InChI=1S/C15H23ClN4O3S/c1-23-14-7-6-11(8-12(14)16)19-15(17)18-9-10-4-3-5-13(10)20-24(2,21)22/h6-8,10,13,20H,3-5,9H2,1-2H3,(H3,17,18,19). The van der Waals surface area contributed by atoms with Crippen molar-refractivity contribution in [2.24, 2.45) is 16.6 Å². The number of rotatable bonds is 6. The summed E-state index contributed by atoms with van der Waals surface area (Å²) in [4.78, 5) is 4.33.